The Bertz CT molecular complexity index is 215. The smallest absolute Gasteiger partial charge is 0.159 e. The molecule has 1 nitrogen and oxygen atoms in total. The highest BCUT2D eigenvalue weighted by Crippen LogP contribution is 2.14. The van der Waals surface area contributed by atoms with Gasteiger partial charge in [-0.3, -0.25) is 4.79 Å². The summed E-state index contributed by atoms with van der Waals surface area (Å²) in [6, 6.07) is 0. The third-order valence-electron chi connectivity index (χ3n) is 1.68. The van der Waals surface area contributed by atoms with Gasteiger partial charge in [0.05, 0.1) is 0 Å². The van der Waals surface area contributed by atoms with Crippen LogP contribution in [0.4, 0.5) is 0 Å². The molecule has 11 heavy (non-hydrogen) atoms. The maximum Gasteiger partial charge on any atom is 0.159 e. The minimum absolute atomic E-state index is 0.153. The molecule has 0 N–H and O–H groups in total. The van der Waals surface area contributed by atoms with Gasteiger partial charge in [-0.15, -0.1) is 0 Å². The molecule has 0 bridgehead atoms. The van der Waals surface area contributed by atoms with Gasteiger partial charge in [0.2, 0.25) is 0 Å². The molecule has 0 atom stereocenters. The van der Waals surface area contributed by atoms with Gasteiger partial charge in [0.1, 0.15) is 0 Å². The Hall–Kier alpha value is -0.850. The fourth-order valence-corrected chi connectivity index (χ4v) is 1.17. The molecule has 0 rings (SSSR count). The number of carbonyl (C=O) groups is 1. The van der Waals surface area contributed by atoms with Crippen LogP contribution < -0.4 is 0 Å². The third-order valence-corrected chi connectivity index (χ3v) is 1.68. The van der Waals surface area contributed by atoms with E-state index in [9.17, 15) is 4.79 Å². The highest BCUT2D eigenvalue weighted by molar-refractivity contribution is 5.98. The second-order valence-electron chi connectivity index (χ2n) is 2.90. The van der Waals surface area contributed by atoms with Crippen molar-refractivity contribution in [1.29, 1.82) is 0 Å². The first-order chi connectivity index (χ1) is 5.00. The number of allylic oxidation sites excluding steroid dienone is 4. The lowest BCUT2D eigenvalue weighted by atomic mass is 9.99. The van der Waals surface area contributed by atoms with Crippen LogP contribution in [-0.2, 0) is 4.79 Å². The zero-order valence-corrected chi connectivity index (χ0v) is 7.99. The number of Topliss-reactive ketones (excluding diaryl/α,β-unsaturated/α-hetero) is 1. The van der Waals surface area contributed by atoms with E-state index in [1.54, 1.807) is 6.92 Å². The summed E-state index contributed by atoms with van der Waals surface area (Å²) >= 11 is 0. The quantitative estimate of drug-likeness (QED) is 0.439. The molecule has 0 saturated heterocycles. The number of hydrogen-bond donors (Lipinski definition) is 0. The van der Waals surface area contributed by atoms with Crippen LogP contribution >= 0.6 is 0 Å². The molecule has 0 amide bonds. The predicted octanol–water partition coefficient (Wildman–Crippen LogP) is 2.88. The lowest BCUT2D eigenvalue weighted by Gasteiger charge is -2.05. The van der Waals surface area contributed by atoms with Crippen LogP contribution in [0.5, 0.6) is 0 Å². The van der Waals surface area contributed by atoms with E-state index in [0.717, 1.165) is 16.7 Å². The first-order valence-electron chi connectivity index (χ1n) is 3.82. The van der Waals surface area contributed by atoms with Gasteiger partial charge in [0, 0.05) is 5.57 Å². The van der Waals surface area contributed by atoms with E-state index in [4.69, 9.17) is 0 Å². The number of ketones is 1. The summed E-state index contributed by atoms with van der Waals surface area (Å²) in [5, 5.41) is 0. The van der Waals surface area contributed by atoms with Gasteiger partial charge < -0.3 is 0 Å². The maximum absolute atomic E-state index is 11.1. The summed E-state index contributed by atoms with van der Waals surface area (Å²) in [5.74, 6) is 0.153. The molecule has 0 unspecified atom stereocenters. The monoisotopic (exact) mass is 152 g/mol. The van der Waals surface area contributed by atoms with Crippen LogP contribution in [-0.4, -0.2) is 5.78 Å². The van der Waals surface area contributed by atoms with Crippen LogP contribution in [0.25, 0.3) is 0 Å². The number of carbonyl (C=O) groups excluding carboxylic acids is 1. The molecule has 0 aromatic carbocycles. The average molecular weight is 152 g/mol. The van der Waals surface area contributed by atoms with Gasteiger partial charge in [-0.2, -0.15) is 0 Å². The highest BCUT2D eigenvalue weighted by Gasteiger charge is 2.06. The molecular formula is C10H16O. The molecule has 0 aromatic heterocycles. The summed E-state index contributed by atoms with van der Waals surface area (Å²) in [7, 11) is 0. The normalized spacial score (nSPS) is 11.2. The average Bonchev–Trinajstić information content (AvgIpc) is 1.85. The van der Waals surface area contributed by atoms with Crippen molar-refractivity contribution in [2.24, 2.45) is 0 Å². The molecule has 0 aromatic rings. The van der Waals surface area contributed by atoms with Gasteiger partial charge >= 0.3 is 0 Å². The molecule has 0 aliphatic carbocycles. The van der Waals surface area contributed by atoms with E-state index in [2.05, 4.69) is 0 Å². The minimum Gasteiger partial charge on any atom is -0.295 e. The highest BCUT2D eigenvalue weighted by atomic mass is 16.1. The van der Waals surface area contributed by atoms with Crippen LogP contribution in [0, 0.1) is 0 Å². The van der Waals surface area contributed by atoms with Gasteiger partial charge in [-0.05, 0) is 40.2 Å². The summed E-state index contributed by atoms with van der Waals surface area (Å²) in [4.78, 5) is 11.1. The van der Waals surface area contributed by atoms with Crippen molar-refractivity contribution in [3.8, 4) is 0 Å². The molecule has 0 radical (unpaired) electrons. The molecular weight excluding hydrogens is 136 g/mol. The first-order valence-corrected chi connectivity index (χ1v) is 3.82. The number of hydrogen-bond acceptors (Lipinski definition) is 1. The lowest BCUT2D eigenvalue weighted by molar-refractivity contribution is -0.113. The van der Waals surface area contributed by atoms with E-state index in [1.807, 2.05) is 33.8 Å². The lowest BCUT2D eigenvalue weighted by Crippen LogP contribution is -2.00. The van der Waals surface area contributed by atoms with Crippen molar-refractivity contribution in [3.05, 3.63) is 22.8 Å². The van der Waals surface area contributed by atoms with Crippen molar-refractivity contribution in [2.45, 2.75) is 34.6 Å². The maximum atomic E-state index is 11.1. The predicted molar refractivity (Wildman–Crippen MR) is 48.5 cm³/mol. The van der Waals surface area contributed by atoms with Crippen molar-refractivity contribution in [1.82, 2.24) is 0 Å². The minimum atomic E-state index is 0.153. The van der Waals surface area contributed by atoms with Crippen molar-refractivity contribution in [2.75, 3.05) is 0 Å². The largest absolute Gasteiger partial charge is 0.295 e. The summed E-state index contributed by atoms with van der Waals surface area (Å²) < 4.78 is 0. The van der Waals surface area contributed by atoms with Crippen molar-refractivity contribution >= 4 is 5.78 Å². The Balaban J connectivity index is 4.95. The van der Waals surface area contributed by atoms with E-state index in [0.29, 0.717) is 0 Å². The Labute approximate surface area is 68.8 Å². The third kappa shape index (κ3) is 2.71. The van der Waals surface area contributed by atoms with Gasteiger partial charge in [0.15, 0.2) is 5.78 Å². The Morgan fingerprint density at radius 3 is 1.64 bits per heavy atom. The Kier molecular flexibility index (Phi) is 3.80. The molecule has 0 fully saturated rings. The fourth-order valence-electron chi connectivity index (χ4n) is 1.17. The van der Waals surface area contributed by atoms with Crippen molar-refractivity contribution in [3.63, 3.8) is 0 Å². The molecule has 0 spiro atoms. The molecule has 0 aliphatic heterocycles. The summed E-state index contributed by atoms with van der Waals surface area (Å²) in [6.45, 7) is 9.44. The molecule has 0 saturated carbocycles. The van der Waals surface area contributed by atoms with Crippen LogP contribution in [0.3, 0.4) is 0 Å². The topological polar surface area (TPSA) is 17.1 Å². The van der Waals surface area contributed by atoms with Crippen LogP contribution in [0.1, 0.15) is 34.6 Å². The van der Waals surface area contributed by atoms with Gasteiger partial charge in [0.25, 0.3) is 0 Å². The van der Waals surface area contributed by atoms with Crippen LogP contribution in [0.2, 0.25) is 0 Å². The standard InChI is InChI=1S/C10H16O/c1-6-8(4)10(7(2)3)9(5)11/h6H,1-5H3. The summed E-state index contributed by atoms with van der Waals surface area (Å²) in [5.41, 5.74) is 3.03. The van der Waals surface area contributed by atoms with E-state index < -0.39 is 0 Å². The second kappa shape index (κ2) is 4.12. The van der Waals surface area contributed by atoms with E-state index >= 15 is 0 Å². The van der Waals surface area contributed by atoms with E-state index in [1.165, 1.54) is 0 Å². The first kappa shape index (κ1) is 10.2. The van der Waals surface area contributed by atoms with Gasteiger partial charge in [-0.1, -0.05) is 11.6 Å². The van der Waals surface area contributed by atoms with E-state index in [-0.39, 0.29) is 5.78 Å². The second-order valence-corrected chi connectivity index (χ2v) is 2.90. The summed E-state index contributed by atoms with van der Waals surface area (Å²) in [6.07, 6.45) is 1.96. The molecule has 0 aliphatic rings. The SMILES string of the molecule is CC=C(C)C(C(C)=O)=C(C)C. The molecule has 0 heterocycles. The Morgan fingerprint density at radius 1 is 1.09 bits per heavy atom. The van der Waals surface area contributed by atoms with Gasteiger partial charge in [-0.25, -0.2) is 0 Å². The molecule has 62 valence electrons. The zero-order chi connectivity index (χ0) is 9.02. The zero-order valence-electron chi connectivity index (χ0n) is 7.99. The van der Waals surface area contributed by atoms with Crippen LogP contribution in [0.15, 0.2) is 22.8 Å². The Morgan fingerprint density at radius 2 is 1.55 bits per heavy atom. The fraction of sp³-hybridized carbons (Fsp3) is 0.500. The number of rotatable bonds is 2. The molecule has 1 heteroatoms. The van der Waals surface area contributed by atoms with Crippen molar-refractivity contribution < 1.29 is 4.79 Å².